The van der Waals surface area contributed by atoms with Crippen molar-refractivity contribution >= 4 is 17.3 Å². The Hall–Kier alpha value is -0.730. The zero-order valence-electron chi connectivity index (χ0n) is 12.1. The van der Waals surface area contributed by atoms with Gasteiger partial charge in [0.2, 0.25) is 0 Å². The Morgan fingerprint density at radius 2 is 2.21 bits per heavy atom. The van der Waals surface area contributed by atoms with Crippen molar-refractivity contribution in [3.63, 3.8) is 0 Å². The number of rotatable bonds is 6. The van der Waals surface area contributed by atoms with E-state index in [-0.39, 0.29) is 0 Å². The normalized spacial score (nSPS) is 19.1. The molecular formula is C16H25ClN2. The largest absolute Gasteiger partial charge is 0.371 e. The lowest BCUT2D eigenvalue weighted by atomic mass is 10.0. The van der Waals surface area contributed by atoms with Crippen LogP contribution in [0, 0.1) is 5.92 Å². The summed E-state index contributed by atoms with van der Waals surface area (Å²) in [6.07, 6.45) is 3.98. The van der Waals surface area contributed by atoms with Crippen LogP contribution in [0.4, 0.5) is 5.69 Å². The highest BCUT2D eigenvalue weighted by molar-refractivity contribution is 6.30. The van der Waals surface area contributed by atoms with Gasteiger partial charge in [0.1, 0.15) is 0 Å². The maximum absolute atomic E-state index is 6.13. The van der Waals surface area contributed by atoms with E-state index < -0.39 is 0 Å². The Morgan fingerprint density at radius 1 is 1.37 bits per heavy atom. The first kappa shape index (κ1) is 14.7. The smallest absolute Gasteiger partial charge is 0.0412 e. The van der Waals surface area contributed by atoms with Gasteiger partial charge in [-0.15, -0.1) is 0 Å². The Kier molecular flexibility index (Phi) is 5.53. The summed E-state index contributed by atoms with van der Waals surface area (Å²) in [5, 5.41) is 4.24. The summed E-state index contributed by atoms with van der Waals surface area (Å²) >= 11 is 6.13. The van der Waals surface area contributed by atoms with Gasteiger partial charge in [-0.2, -0.15) is 0 Å². The van der Waals surface area contributed by atoms with Crippen LogP contribution in [0.25, 0.3) is 0 Å². The number of nitrogens with zero attached hydrogens (tertiary/aromatic N) is 1. The second kappa shape index (κ2) is 7.16. The quantitative estimate of drug-likeness (QED) is 0.845. The molecule has 0 spiro atoms. The molecule has 1 N–H and O–H groups in total. The minimum Gasteiger partial charge on any atom is -0.371 e. The highest BCUT2D eigenvalue weighted by Crippen LogP contribution is 2.30. The van der Waals surface area contributed by atoms with Crippen LogP contribution in [0.2, 0.25) is 5.02 Å². The van der Waals surface area contributed by atoms with Crippen LogP contribution in [-0.2, 0) is 6.54 Å². The first-order chi connectivity index (χ1) is 9.24. The highest BCUT2D eigenvalue weighted by Gasteiger charge is 2.23. The Morgan fingerprint density at radius 3 is 2.95 bits per heavy atom. The van der Waals surface area contributed by atoms with Crippen LogP contribution in [0.1, 0.15) is 38.7 Å². The zero-order valence-corrected chi connectivity index (χ0v) is 12.8. The van der Waals surface area contributed by atoms with Gasteiger partial charge in [-0.05, 0) is 49.1 Å². The fourth-order valence-corrected chi connectivity index (χ4v) is 3.15. The SMILES string of the molecule is CCCC1CCN(c2ccc(Cl)cc2CNCC)C1. The minimum atomic E-state index is 0.834. The van der Waals surface area contributed by atoms with E-state index in [1.54, 1.807) is 0 Å². The maximum atomic E-state index is 6.13. The Bertz CT molecular complexity index is 406. The van der Waals surface area contributed by atoms with Crippen molar-refractivity contribution in [3.8, 4) is 0 Å². The molecule has 1 saturated heterocycles. The average Bonchev–Trinajstić information content (AvgIpc) is 2.85. The topological polar surface area (TPSA) is 15.3 Å². The van der Waals surface area contributed by atoms with Crippen molar-refractivity contribution < 1.29 is 0 Å². The molecule has 1 heterocycles. The van der Waals surface area contributed by atoms with E-state index in [1.807, 2.05) is 6.07 Å². The van der Waals surface area contributed by atoms with Gasteiger partial charge in [-0.1, -0.05) is 31.9 Å². The standard InChI is InChI=1S/C16H25ClN2/c1-3-5-13-8-9-19(12-13)16-7-6-15(17)10-14(16)11-18-4-2/h6-7,10,13,18H,3-5,8-9,11-12H2,1-2H3. The summed E-state index contributed by atoms with van der Waals surface area (Å²) < 4.78 is 0. The molecule has 1 atom stereocenters. The van der Waals surface area contributed by atoms with Gasteiger partial charge < -0.3 is 10.2 Å². The predicted molar refractivity (Wildman–Crippen MR) is 84.1 cm³/mol. The molecule has 3 heteroatoms. The highest BCUT2D eigenvalue weighted by atomic mass is 35.5. The third-order valence-corrected chi connectivity index (χ3v) is 4.17. The van der Waals surface area contributed by atoms with Crippen molar-refractivity contribution in [3.05, 3.63) is 28.8 Å². The predicted octanol–water partition coefficient (Wildman–Crippen LogP) is 4.08. The molecule has 0 bridgehead atoms. The molecular weight excluding hydrogens is 256 g/mol. The van der Waals surface area contributed by atoms with Gasteiger partial charge >= 0.3 is 0 Å². The van der Waals surface area contributed by atoms with Crippen LogP contribution < -0.4 is 10.2 Å². The Labute approximate surface area is 122 Å². The summed E-state index contributed by atoms with van der Waals surface area (Å²) in [6.45, 7) is 8.70. The summed E-state index contributed by atoms with van der Waals surface area (Å²) in [5.74, 6) is 0.868. The molecule has 1 aliphatic heterocycles. The first-order valence-corrected chi connectivity index (χ1v) is 7.86. The molecule has 2 rings (SSSR count). The molecule has 2 nitrogen and oxygen atoms in total. The van der Waals surface area contributed by atoms with Gasteiger partial charge in [0.05, 0.1) is 0 Å². The minimum absolute atomic E-state index is 0.834. The average molecular weight is 281 g/mol. The fraction of sp³-hybridized carbons (Fsp3) is 0.625. The van der Waals surface area contributed by atoms with Crippen molar-refractivity contribution in [1.82, 2.24) is 5.32 Å². The first-order valence-electron chi connectivity index (χ1n) is 7.48. The lowest BCUT2D eigenvalue weighted by Gasteiger charge is -2.22. The van der Waals surface area contributed by atoms with Gasteiger partial charge in [-0.3, -0.25) is 0 Å². The molecule has 1 aliphatic rings. The van der Waals surface area contributed by atoms with Crippen LogP contribution in [-0.4, -0.2) is 19.6 Å². The summed E-state index contributed by atoms with van der Waals surface area (Å²) in [7, 11) is 0. The lowest BCUT2D eigenvalue weighted by Crippen LogP contribution is -2.23. The number of halogens is 1. The van der Waals surface area contributed by atoms with Gasteiger partial charge in [0.25, 0.3) is 0 Å². The van der Waals surface area contributed by atoms with Crippen molar-refractivity contribution in [2.75, 3.05) is 24.5 Å². The number of nitrogens with one attached hydrogen (secondary N) is 1. The molecule has 0 aromatic heterocycles. The molecule has 106 valence electrons. The molecule has 0 radical (unpaired) electrons. The van der Waals surface area contributed by atoms with Crippen LogP contribution in [0.3, 0.4) is 0 Å². The molecule has 0 saturated carbocycles. The lowest BCUT2D eigenvalue weighted by molar-refractivity contribution is 0.529. The van der Waals surface area contributed by atoms with Gasteiger partial charge in [0.15, 0.2) is 0 Å². The molecule has 0 amide bonds. The van der Waals surface area contributed by atoms with Crippen molar-refractivity contribution in [2.24, 2.45) is 5.92 Å². The van der Waals surface area contributed by atoms with Crippen LogP contribution in [0.5, 0.6) is 0 Å². The van der Waals surface area contributed by atoms with E-state index in [9.17, 15) is 0 Å². The van der Waals surface area contributed by atoms with E-state index in [1.165, 1.54) is 43.6 Å². The second-order valence-corrected chi connectivity index (χ2v) is 5.88. The monoisotopic (exact) mass is 280 g/mol. The number of hydrogen-bond acceptors (Lipinski definition) is 2. The van der Waals surface area contributed by atoms with E-state index in [2.05, 4.69) is 36.2 Å². The third kappa shape index (κ3) is 3.87. The number of hydrogen-bond donors (Lipinski definition) is 1. The molecule has 1 aromatic rings. The van der Waals surface area contributed by atoms with E-state index in [0.717, 1.165) is 24.0 Å². The number of benzene rings is 1. The van der Waals surface area contributed by atoms with Crippen LogP contribution >= 0.6 is 11.6 Å². The zero-order chi connectivity index (χ0) is 13.7. The summed E-state index contributed by atoms with van der Waals surface area (Å²) in [4.78, 5) is 2.53. The van der Waals surface area contributed by atoms with Gasteiger partial charge in [0, 0.05) is 30.3 Å². The maximum Gasteiger partial charge on any atom is 0.0412 e. The molecule has 19 heavy (non-hydrogen) atoms. The molecule has 1 aromatic carbocycles. The summed E-state index contributed by atoms with van der Waals surface area (Å²) in [6, 6.07) is 6.30. The molecule has 0 aliphatic carbocycles. The van der Waals surface area contributed by atoms with E-state index >= 15 is 0 Å². The molecule has 1 unspecified atom stereocenters. The summed E-state index contributed by atoms with van der Waals surface area (Å²) in [5.41, 5.74) is 2.69. The van der Waals surface area contributed by atoms with Gasteiger partial charge in [-0.25, -0.2) is 0 Å². The van der Waals surface area contributed by atoms with E-state index in [0.29, 0.717) is 0 Å². The Balaban J connectivity index is 2.10. The third-order valence-electron chi connectivity index (χ3n) is 3.93. The number of anilines is 1. The fourth-order valence-electron chi connectivity index (χ4n) is 2.96. The second-order valence-electron chi connectivity index (χ2n) is 5.44. The molecule has 1 fully saturated rings. The van der Waals surface area contributed by atoms with Crippen molar-refractivity contribution in [2.45, 2.75) is 39.7 Å². The van der Waals surface area contributed by atoms with Crippen LogP contribution in [0.15, 0.2) is 18.2 Å². The van der Waals surface area contributed by atoms with Crippen molar-refractivity contribution in [1.29, 1.82) is 0 Å². The van der Waals surface area contributed by atoms with E-state index in [4.69, 9.17) is 11.6 Å².